The summed E-state index contributed by atoms with van der Waals surface area (Å²) >= 11 is 2.11. The highest BCUT2D eigenvalue weighted by molar-refractivity contribution is 8.00. The Morgan fingerprint density at radius 3 is 2.72 bits per heavy atom. The number of piperidine rings is 1. The van der Waals surface area contributed by atoms with E-state index in [2.05, 4.69) is 22.0 Å². The third-order valence-corrected chi connectivity index (χ3v) is 6.10. The number of carbonyl (C=O) groups excluding carboxylic acids is 1. The lowest BCUT2D eigenvalue weighted by molar-refractivity contribution is -0.139. The van der Waals surface area contributed by atoms with Crippen molar-refractivity contribution in [2.45, 2.75) is 49.8 Å². The van der Waals surface area contributed by atoms with Crippen molar-refractivity contribution in [3.63, 3.8) is 0 Å². The smallest absolute Gasteiger partial charge is 0.226 e. The summed E-state index contributed by atoms with van der Waals surface area (Å²) in [6.45, 7) is 3.04. The molecule has 102 valence electrons. The van der Waals surface area contributed by atoms with Crippen LogP contribution in [0.1, 0.15) is 38.5 Å². The lowest BCUT2D eigenvalue weighted by Gasteiger charge is -2.45. The molecule has 1 amide bonds. The van der Waals surface area contributed by atoms with E-state index in [-0.39, 0.29) is 0 Å². The Morgan fingerprint density at radius 2 is 1.89 bits per heavy atom. The Labute approximate surface area is 114 Å². The summed E-state index contributed by atoms with van der Waals surface area (Å²) in [6.07, 6.45) is 7.33. The number of rotatable bonds is 1. The molecule has 0 aromatic carbocycles. The summed E-state index contributed by atoms with van der Waals surface area (Å²) in [7, 11) is 0. The van der Waals surface area contributed by atoms with Crippen LogP contribution >= 0.6 is 11.8 Å². The zero-order chi connectivity index (χ0) is 12.4. The van der Waals surface area contributed by atoms with E-state index < -0.39 is 0 Å². The highest BCUT2D eigenvalue weighted by atomic mass is 32.2. The van der Waals surface area contributed by atoms with Crippen LogP contribution in [-0.4, -0.2) is 47.5 Å². The van der Waals surface area contributed by atoms with Crippen LogP contribution in [0.5, 0.6) is 0 Å². The normalized spacial score (nSPS) is 34.1. The number of carbonyl (C=O) groups is 1. The molecule has 0 aromatic rings. The topological polar surface area (TPSA) is 32.3 Å². The van der Waals surface area contributed by atoms with E-state index in [0.29, 0.717) is 17.9 Å². The molecule has 0 aromatic heterocycles. The molecule has 2 heterocycles. The first-order chi connectivity index (χ1) is 8.86. The number of amides is 1. The molecule has 3 nitrogen and oxygen atoms in total. The Kier molecular flexibility index (Phi) is 4.14. The van der Waals surface area contributed by atoms with Crippen LogP contribution in [0.25, 0.3) is 0 Å². The van der Waals surface area contributed by atoms with Gasteiger partial charge >= 0.3 is 0 Å². The predicted octanol–water partition coefficient (Wildman–Crippen LogP) is 1.87. The molecular formula is C14H24N2OS. The minimum atomic E-state index is 0.303. The molecule has 1 saturated carbocycles. The van der Waals surface area contributed by atoms with Crippen molar-refractivity contribution < 1.29 is 4.79 Å². The van der Waals surface area contributed by atoms with Gasteiger partial charge in [-0.3, -0.25) is 4.79 Å². The fourth-order valence-electron chi connectivity index (χ4n) is 3.67. The quantitative estimate of drug-likeness (QED) is 0.788. The van der Waals surface area contributed by atoms with Crippen molar-refractivity contribution in [1.29, 1.82) is 0 Å². The molecule has 3 rings (SSSR count). The maximum atomic E-state index is 12.7. The van der Waals surface area contributed by atoms with Gasteiger partial charge in [-0.15, -0.1) is 0 Å². The SMILES string of the molecule is O=C(C1CCNCC1)N1CCSC2CCCCC21. The Hall–Kier alpha value is -0.220. The molecule has 3 fully saturated rings. The molecule has 0 bridgehead atoms. The largest absolute Gasteiger partial charge is 0.338 e. The molecule has 2 aliphatic heterocycles. The Balaban J connectivity index is 1.67. The van der Waals surface area contributed by atoms with Gasteiger partial charge in [-0.1, -0.05) is 12.8 Å². The molecule has 2 saturated heterocycles. The number of nitrogens with zero attached hydrogens (tertiary/aromatic N) is 1. The van der Waals surface area contributed by atoms with Gasteiger partial charge in [0.15, 0.2) is 0 Å². The molecule has 1 aliphatic carbocycles. The first kappa shape index (κ1) is 12.8. The zero-order valence-electron chi connectivity index (χ0n) is 11.1. The van der Waals surface area contributed by atoms with Crippen molar-refractivity contribution in [2.24, 2.45) is 5.92 Å². The van der Waals surface area contributed by atoms with Gasteiger partial charge in [0.05, 0.1) is 0 Å². The molecular weight excluding hydrogens is 244 g/mol. The van der Waals surface area contributed by atoms with E-state index >= 15 is 0 Å². The lowest BCUT2D eigenvalue weighted by atomic mass is 9.90. The highest BCUT2D eigenvalue weighted by Gasteiger charge is 2.38. The van der Waals surface area contributed by atoms with Crippen molar-refractivity contribution in [1.82, 2.24) is 10.2 Å². The summed E-state index contributed by atoms with van der Waals surface area (Å²) in [5, 5.41) is 4.09. The van der Waals surface area contributed by atoms with Crippen LogP contribution < -0.4 is 5.32 Å². The number of hydrogen-bond donors (Lipinski definition) is 1. The van der Waals surface area contributed by atoms with Gasteiger partial charge in [0.25, 0.3) is 0 Å². The summed E-state index contributed by atoms with van der Waals surface area (Å²) in [5.41, 5.74) is 0. The monoisotopic (exact) mass is 268 g/mol. The number of hydrogen-bond acceptors (Lipinski definition) is 3. The van der Waals surface area contributed by atoms with Gasteiger partial charge in [-0.2, -0.15) is 11.8 Å². The van der Waals surface area contributed by atoms with E-state index in [1.165, 1.54) is 25.7 Å². The summed E-state index contributed by atoms with van der Waals surface area (Å²) in [6, 6.07) is 0.555. The Bertz CT molecular complexity index is 302. The van der Waals surface area contributed by atoms with Gasteiger partial charge in [0, 0.05) is 29.5 Å². The average Bonchev–Trinajstić information content (AvgIpc) is 2.47. The Morgan fingerprint density at radius 1 is 1.11 bits per heavy atom. The second-order valence-electron chi connectivity index (χ2n) is 5.82. The van der Waals surface area contributed by atoms with Crippen LogP contribution in [0.2, 0.25) is 0 Å². The van der Waals surface area contributed by atoms with E-state index in [4.69, 9.17) is 0 Å². The number of thioether (sulfide) groups is 1. The molecule has 4 heteroatoms. The van der Waals surface area contributed by atoms with Gasteiger partial charge in [-0.25, -0.2) is 0 Å². The van der Waals surface area contributed by atoms with E-state index in [0.717, 1.165) is 43.5 Å². The predicted molar refractivity (Wildman–Crippen MR) is 75.8 cm³/mol. The summed E-state index contributed by atoms with van der Waals surface area (Å²) in [5.74, 6) is 1.92. The standard InChI is InChI=1S/C14H24N2OS/c17-14(11-5-7-15-8-6-11)16-9-10-18-13-4-2-1-3-12(13)16/h11-13,15H,1-10H2. The maximum absolute atomic E-state index is 12.7. The second-order valence-corrected chi connectivity index (χ2v) is 7.16. The van der Waals surface area contributed by atoms with Gasteiger partial charge in [0.1, 0.15) is 0 Å². The van der Waals surface area contributed by atoms with E-state index in [1.807, 2.05) is 0 Å². The fraction of sp³-hybridized carbons (Fsp3) is 0.929. The third-order valence-electron chi connectivity index (χ3n) is 4.70. The minimum absolute atomic E-state index is 0.303. The molecule has 18 heavy (non-hydrogen) atoms. The fourth-order valence-corrected chi connectivity index (χ4v) is 5.12. The molecule has 3 aliphatic rings. The maximum Gasteiger partial charge on any atom is 0.226 e. The van der Waals surface area contributed by atoms with Crippen LogP contribution in [-0.2, 0) is 4.79 Å². The minimum Gasteiger partial charge on any atom is -0.338 e. The highest BCUT2D eigenvalue weighted by Crippen LogP contribution is 2.36. The molecule has 1 N–H and O–H groups in total. The van der Waals surface area contributed by atoms with Crippen LogP contribution in [0.4, 0.5) is 0 Å². The molecule has 2 unspecified atom stereocenters. The van der Waals surface area contributed by atoms with Crippen LogP contribution in [0, 0.1) is 5.92 Å². The molecule has 0 radical (unpaired) electrons. The summed E-state index contributed by atoms with van der Waals surface area (Å²) in [4.78, 5) is 15.0. The van der Waals surface area contributed by atoms with E-state index in [9.17, 15) is 4.79 Å². The first-order valence-corrected chi connectivity index (χ1v) is 8.54. The van der Waals surface area contributed by atoms with Crippen molar-refractivity contribution >= 4 is 17.7 Å². The average molecular weight is 268 g/mol. The third kappa shape index (κ3) is 2.55. The summed E-state index contributed by atoms with van der Waals surface area (Å²) < 4.78 is 0. The van der Waals surface area contributed by atoms with Gasteiger partial charge < -0.3 is 10.2 Å². The van der Waals surface area contributed by atoms with Gasteiger partial charge in [-0.05, 0) is 38.8 Å². The van der Waals surface area contributed by atoms with Crippen LogP contribution in [0.3, 0.4) is 0 Å². The van der Waals surface area contributed by atoms with Crippen molar-refractivity contribution in [2.75, 3.05) is 25.4 Å². The van der Waals surface area contributed by atoms with Crippen LogP contribution in [0.15, 0.2) is 0 Å². The van der Waals surface area contributed by atoms with Crippen molar-refractivity contribution in [3.05, 3.63) is 0 Å². The van der Waals surface area contributed by atoms with Crippen molar-refractivity contribution in [3.8, 4) is 0 Å². The second kappa shape index (κ2) is 5.83. The lowest BCUT2D eigenvalue weighted by Crippen LogP contribution is -2.54. The first-order valence-electron chi connectivity index (χ1n) is 7.49. The molecule has 2 atom stereocenters. The van der Waals surface area contributed by atoms with E-state index in [1.54, 1.807) is 0 Å². The number of nitrogens with one attached hydrogen (secondary N) is 1. The molecule has 0 spiro atoms. The number of fused-ring (bicyclic) bond motifs is 1. The zero-order valence-corrected chi connectivity index (χ0v) is 11.9. The van der Waals surface area contributed by atoms with Gasteiger partial charge in [0.2, 0.25) is 5.91 Å².